The Kier molecular flexibility index (Phi) is 5.35. The summed E-state index contributed by atoms with van der Waals surface area (Å²) in [5.41, 5.74) is 0.674. The summed E-state index contributed by atoms with van der Waals surface area (Å²) >= 11 is 0. The lowest BCUT2D eigenvalue weighted by Crippen LogP contribution is -2.38. The average molecular weight is 308 g/mol. The van der Waals surface area contributed by atoms with E-state index in [2.05, 4.69) is 5.32 Å². The molecule has 22 heavy (non-hydrogen) atoms. The molecule has 0 radical (unpaired) electrons. The standard InChI is InChI=1S/C16H21FN2O3/c1-2-4-12-9-19(10-14(12)15(20)21)16(22)18-8-11-5-3-6-13(17)7-11/h3,5-7,12,14H,2,4,8-10H2,1H3,(H,18,22)(H,20,21)/t12-,14-/m1/s1. The summed E-state index contributed by atoms with van der Waals surface area (Å²) in [5, 5.41) is 12.0. The van der Waals surface area contributed by atoms with Crippen LogP contribution in [0.15, 0.2) is 24.3 Å². The fourth-order valence-corrected chi connectivity index (χ4v) is 2.92. The number of urea groups is 1. The Morgan fingerprint density at radius 3 is 2.82 bits per heavy atom. The van der Waals surface area contributed by atoms with Gasteiger partial charge in [0.2, 0.25) is 0 Å². The average Bonchev–Trinajstić information content (AvgIpc) is 2.89. The van der Waals surface area contributed by atoms with Crippen molar-refractivity contribution in [2.75, 3.05) is 13.1 Å². The van der Waals surface area contributed by atoms with E-state index in [0.717, 1.165) is 12.8 Å². The number of carbonyl (C=O) groups is 2. The molecule has 2 N–H and O–H groups in total. The van der Waals surface area contributed by atoms with Crippen LogP contribution in [0.4, 0.5) is 9.18 Å². The summed E-state index contributed by atoms with van der Waals surface area (Å²) in [7, 11) is 0. The zero-order valence-electron chi connectivity index (χ0n) is 12.6. The number of aliphatic carboxylic acids is 1. The summed E-state index contributed by atoms with van der Waals surface area (Å²) in [6, 6.07) is 5.73. The molecule has 1 aromatic carbocycles. The van der Waals surface area contributed by atoms with Crippen LogP contribution in [-0.4, -0.2) is 35.1 Å². The first-order valence-corrected chi connectivity index (χ1v) is 7.51. The number of hydrogen-bond donors (Lipinski definition) is 2. The Morgan fingerprint density at radius 2 is 2.18 bits per heavy atom. The molecule has 0 aromatic heterocycles. The topological polar surface area (TPSA) is 69.6 Å². The van der Waals surface area contributed by atoms with Crippen LogP contribution in [0.3, 0.4) is 0 Å². The van der Waals surface area contributed by atoms with Gasteiger partial charge in [-0.2, -0.15) is 0 Å². The molecule has 1 aromatic rings. The second kappa shape index (κ2) is 7.24. The second-order valence-corrected chi connectivity index (χ2v) is 5.69. The minimum Gasteiger partial charge on any atom is -0.481 e. The van der Waals surface area contributed by atoms with E-state index in [1.54, 1.807) is 17.0 Å². The highest BCUT2D eigenvalue weighted by Crippen LogP contribution is 2.27. The molecule has 0 aliphatic carbocycles. The predicted octanol–water partition coefficient (Wildman–Crippen LogP) is 2.47. The summed E-state index contributed by atoms with van der Waals surface area (Å²) < 4.78 is 13.1. The van der Waals surface area contributed by atoms with Crippen LogP contribution in [0.2, 0.25) is 0 Å². The Balaban J connectivity index is 1.91. The number of carboxylic acids is 1. The van der Waals surface area contributed by atoms with Crippen LogP contribution < -0.4 is 5.32 Å². The van der Waals surface area contributed by atoms with Crippen molar-refractivity contribution in [2.45, 2.75) is 26.3 Å². The monoisotopic (exact) mass is 308 g/mol. The van der Waals surface area contributed by atoms with Gasteiger partial charge in [0, 0.05) is 19.6 Å². The van der Waals surface area contributed by atoms with Crippen LogP contribution >= 0.6 is 0 Å². The van der Waals surface area contributed by atoms with Gasteiger partial charge in [0.05, 0.1) is 5.92 Å². The van der Waals surface area contributed by atoms with Crippen molar-refractivity contribution in [3.05, 3.63) is 35.6 Å². The maximum Gasteiger partial charge on any atom is 0.317 e. The highest BCUT2D eigenvalue weighted by atomic mass is 19.1. The van der Waals surface area contributed by atoms with Crippen LogP contribution in [-0.2, 0) is 11.3 Å². The van der Waals surface area contributed by atoms with Gasteiger partial charge in [0.15, 0.2) is 0 Å². The first-order valence-electron chi connectivity index (χ1n) is 7.51. The summed E-state index contributed by atoms with van der Waals surface area (Å²) in [6.07, 6.45) is 1.69. The Morgan fingerprint density at radius 1 is 1.41 bits per heavy atom. The van der Waals surface area contributed by atoms with E-state index in [-0.39, 0.29) is 30.9 Å². The first-order chi connectivity index (χ1) is 10.5. The number of likely N-dealkylation sites (tertiary alicyclic amines) is 1. The van der Waals surface area contributed by atoms with Gasteiger partial charge < -0.3 is 15.3 Å². The van der Waals surface area contributed by atoms with Crippen molar-refractivity contribution in [3.63, 3.8) is 0 Å². The first kappa shape index (κ1) is 16.3. The van der Waals surface area contributed by atoms with Crippen LogP contribution in [0.25, 0.3) is 0 Å². The SMILES string of the molecule is CCC[C@@H]1CN(C(=O)NCc2cccc(F)c2)C[C@H]1C(=O)O. The lowest BCUT2D eigenvalue weighted by Gasteiger charge is -2.17. The molecule has 2 atom stereocenters. The number of amides is 2. The van der Waals surface area contributed by atoms with Gasteiger partial charge >= 0.3 is 12.0 Å². The summed E-state index contributed by atoms with van der Waals surface area (Å²) in [6.45, 7) is 2.92. The quantitative estimate of drug-likeness (QED) is 0.878. The molecule has 0 unspecified atom stereocenters. The lowest BCUT2D eigenvalue weighted by molar-refractivity contribution is -0.142. The summed E-state index contributed by atoms with van der Waals surface area (Å²) in [5.74, 6) is -1.69. The minimum atomic E-state index is -0.848. The molecule has 2 amide bonds. The number of nitrogens with zero attached hydrogens (tertiary/aromatic N) is 1. The number of nitrogens with one attached hydrogen (secondary N) is 1. The number of benzene rings is 1. The van der Waals surface area contributed by atoms with Gasteiger partial charge in [-0.05, 0) is 30.0 Å². The van der Waals surface area contributed by atoms with E-state index in [0.29, 0.717) is 12.1 Å². The third kappa shape index (κ3) is 3.96. The molecule has 0 bridgehead atoms. The van der Waals surface area contributed by atoms with Crippen molar-refractivity contribution in [1.29, 1.82) is 0 Å². The van der Waals surface area contributed by atoms with E-state index in [1.807, 2.05) is 6.92 Å². The molecule has 2 rings (SSSR count). The summed E-state index contributed by atoms with van der Waals surface area (Å²) in [4.78, 5) is 25.0. The number of carbonyl (C=O) groups excluding carboxylic acids is 1. The Hall–Kier alpha value is -2.11. The Labute approximate surface area is 129 Å². The van der Waals surface area contributed by atoms with Crippen molar-refractivity contribution in [1.82, 2.24) is 10.2 Å². The smallest absolute Gasteiger partial charge is 0.317 e. The molecule has 1 fully saturated rings. The molecule has 120 valence electrons. The molecule has 1 heterocycles. The zero-order chi connectivity index (χ0) is 16.1. The predicted molar refractivity (Wildman–Crippen MR) is 79.7 cm³/mol. The minimum absolute atomic E-state index is 0.00224. The molecule has 1 aliphatic heterocycles. The van der Waals surface area contributed by atoms with E-state index in [9.17, 15) is 19.1 Å². The third-order valence-corrected chi connectivity index (χ3v) is 4.04. The molecule has 0 saturated carbocycles. The molecule has 6 heteroatoms. The lowest BCUT2D eigenvalue weighted by atomic mass is 9.92. The van der Waals surface area contributed by atoms with Gasteiger partial charge in [-0.15, -0.1) is 0 Å². The van der Waals surface area contributed by atoms with Crippen LogP contribution in [0.5, 0.6) is 0 Å². The van der Waals surface area contributed by atoms with E-state index in [4.69, 9.17) is 0 Å². The van der Waals surface area contributed by atoms with Crippen molar-refractivity contribution in [2.24, 2.45) is 11.8 Å². The molecule has 1 saturated heterocycles. The van der Waals surface area contributed by atoms with Crippen LogP contribution in [0, 0.1) is 17.7 Å². The number of hydrogen-bond acceptors (Lipinski definition) is 2. The largest absolute Gasteiger partial charge is 0.481 e. The molecular formula is C16H21FN2O3. The van der Waals surface area contributed by atoms with Gasteiger partial charge in [0.1, 0.15) is 5.82 Å². The van der Waals surface area contributed by atoms with E-state index >= 15 is 0 Å². The highest BCUT2D eigenvalue weighted by Gasteiger charge is 2.38. The number of carboxylic acid groups (broad SMARTS) is 1. The fraction of sp³-hybridized carbons (Fsp3) is 0.500. The number of rotatable bonds is 5. The van der Waals surface area contributed by atoms with Gasteiger partial charge in [-0.1, -0.05) is 25.5 Å². The molecule has 0 spiro atoms. The second-order valence-electron chi connectivity index (χ2n) is 5.69. The van der Waals surface area contributed by atoms with Gasteiger partial charge in [0.25, 0.3) is 0 Å². The van der Waals surface area contributed by atoms with Crippen molar-refractivity contribution in [3.8, 4) is 0 Å². The van der Waals surface area contributed by atoms with Crippen LogP contribution in [0.1, 0.15) is 25.3 Å². The molecule has 1 aliphatic rings. The maximum atomic E-state index is 13.1. The number of halogens is 1. The van der Waals surface area contributed by atoms with Crippen molar-refractivity contribution < 1.29 is 19.1 Å². The molecular weight excluding hydrogens is 287 g/mol. The van der Waals surface area contributed by atoms with E-state index < -0.39 is 11.9 Å². The van der Waals surface area contributed by atoms with Gasteiger partial charge in [-0.25, -0.2) is 9.18 Å². The maximum absolute atomic E-state index is 13.1. The fourth-order valence-electron chi connectivity index (χ4n) is 2.92. The normalized spacial score (nSPS) is 20.9. The third-order valence-electron chi connectivity index (χ3n) is 4.04. The zero-order valence-corrected chi connectivity index (χ0v) is 12.6. The van der Waals surface area contributed by atoms with Crippen molar-refractivity contribution >= 4 is 12.0 Å². The Bertz CT molecular complexity index is 550. The van der Waals surface area contributed by atoms with E-state index in [1.165, 1.54) is 12.1 Å². The van der Waals surface area contributed by atoms with Gasteiger partial charge in [-0.3, -0.25) is 4.79 Å². The molecule has 5 nitrogen and oxygen atoms in total. The highest BCUT2D eigenvalue weighted by molar-refractivity contribution is 5.77.